The molecule has 6 rings (SSSR count). The summed E-state index contributed by atoms with van der Waals surface area (Å²) in [5.74, 6) is 0.681. The number of carbonyl (C=O) groups is 4. The van der Waals surface area contributed by atoms with E-state index in [-0.39, 0.29) is 42.7 Å². The Hall–Kier alpha value is -4.22. The Morgan fingerprint density at radius 3 is 2.66 bits per heavy atom. The van der Waals surface area contributed by atoms with Crippen LogP contribution in [-0.4, -0.2) is 57.2 Å². The van der Waals surface area contributed by atoms with Gasteiger partial charge >= 0.3 is 5.97 Å². The van der Waals surface area contributed by atoms with Crippen molar-refractivity contribution in [2.45, 2.75) is 57.2 Å². The summed E-state index contributed by atoms with van der Waals surface area (Å²) in [4.78, 5) is 63.4. The Morgan fingerprint density at radius 2 is 1.93 bits per heavy atom. The lowest BCUT2D eigenvalue weighted by atomic mass is 9.79. The van der Waals surface area contributed by atoms with Crippen LogP contribution in [0.25, 0.3) is 0 Å². The van der Waals surface area contributed by atoms with Crippen LogP contribution in [0, 0.1) is 23.7 Å². The normalized spacial score (nSPS) is 24.8. The van der Waals surface area contributed by atoms with Gasteiger partial charge in [-0.3, -0.25) is 23.9 Å². The summed E-state index contributed by atoms with van der Waals surface area (Å²) < 4.78 is 7.31. The summed E-state index contributed by atoms with van der Waals surface area (Å²) in [7, 11) is 2.93. The van der Waals surface area contributed by atoms with Gasteiger partial charge in [0, 0.05) is 31.6 Å². The smallest absolute Gasteiger partial charge is 0.330 e. The summed E-state index contributed by atoms with van der Waals surface area (Å²) >= 11 is 0. The molecule has 3 N–H and O–H groups in total. The van der Waals surface area contributed by atoms with Crippen LogP contribution < -0.4 is 21.5 Å². The van der Waals surface area contributed by atoms with E-state index >= 15 is 0 Å². The molecule has 4 fully saturated rings. The van der Waals surface area contributed by atoms with E-state index in [1.54, 1.807) is 19.3 Å². The van der Waals surface area contributed by atoms with Crippen molar-refractivity contribution in [3.05, 3.63) is 58.8 Å². The lowest BCUT2D eigenvalue weighted by Crippen LogP contribution is -2.46. The van der Waals surface area contributed by atoms with Crippen molar-refractivity contribution in [1.29, 1.82) is 0 Å². The first kappa shape index (κ1) is 28.3. The number of methoxy groups -OCH3 is 1. The number of carbonyl (C=O) groups excluding carboxylic acids is 4. The van der Waals surface area contributed by atoms with Crippen LogP contribution in [0.1, 0.15) is 49.0 Å². The maximum Gasteiger partial charge on any atom is 0.330 e. The van der Waals surface area contributed by atoms with Gasteiger partial charge in [0.2, 0.25) is 11.8 Å². The summed E-state index contributed by atoms with van der Waals surface area (Å²) in [6.45, 7) is -0.148. The molecule has 4 bridgehead atoms. The molecule has 6 atom stereocenters. The van der Waals surface area contributed by atoms with Crippen molar-refractivity contribution in [3.63, 3.8) is 0 Å². The van der Waals surface area contributed by atoms with E-state index in [9.17, 15) is 24.0 Å². The highest BCUT2D eigenvalue weighted by Gasteiger charge is 2.54. The van der Waals surface area contributed by atoms with Gasteiger partial charge in [0.05, 0.1) is 7.11 Å². The van der Waals surface area contributed by atoms with Crippen molar-refractivity contribution in [3.8, 4) is 0 Å². The van der Waals surface area contributed by atoms with Crippen LogP contribution in [0.3, 0.4) is 0 Å². The average Bonchev–Trinajstić information content (AvgIpc) is 3.58. The van der Waals surface area contributed by atoms with Crippen molar-refractivity contribution in [2.24, 2.45) is 30.7 Å². The van der Waals surface area contributed by atoms with Gasteiger partial charge in [-0.15, -0.1) is 0 Å². The number of hydrogen-bond acceptors (Lipinski definition) is 7. The molecule has 0 aromatic carbocycles. The third-order valence-electron chi connectivity index (χ3n) is 8.62. The van der Waals surface area contributed by atoms with Gasteiger partial charge in [0.1, 0.15) is 24.0 Å². The van der Waals surface area contributed by atoms with E-state index in [0.29, 0.717) is 17.8 Å². The van der Waals surface area contributed by atoms with Crippen LogP contribution in [0.4, 0.5) is 5.69 Å². The van der Waals surface area contributed by atoms with E-state index in [0.717, 1.165) is 5.92 Å². The molecule has 4 aliphatic rings. The second-order valence-electron chi connectivity index (χ2n) is 11.3. The Labute approximate surface area is 237 Å². The molecule has 4 saturated carbocycles. The van der Waals surface area contributed by atoms with E-state index in [4.69, 9.17) is 0 Å². The van der Waals surface area contributed by atoms with Gasteiger partial charge in [-0.1, -0.05) is 6.08 Å². The summed E-state index contributed by atoms with van der Waals surface area (Å²) in [6.07, 6.45) is 11.1. The molecule has 218 valence electrons. The number of ether oxygens (including phenoxy) is 1. The average molecular weight is 565 g/mol. The van der Waals surface area contributed by atoms with Crippen molar-refractivity contribution in [1.82, 2.24) is 25.0 Å². The zero-order valence-corrected chi connectivity index (χ0v) is 23.2. The number of rotatable bonds is 11. The lowest BCUT2D eigenvalue weighted by Gasteiger charge is -2.32. The number of allylic oxidation sites excluding steroid dienone is 1. The Kier molecular flexibility index (Phi) is 8.36. The van der Waals surface area contributed by atoms with Crippen LogP contribution >= 0.6 is 0 Å². The van der Waals surface area contributed by atoms with Gasteiger partial charge in [0.25, 0.3) is 11.5 Å². The summed E-state index contributed by atoms with van der Waals surface area (Å²) in [5, 5.41) is 12.5. The largest absolute Gasteiger partial charge is 0.466 e. The summed E-state index contributed by atoms with van der Waals surface area (Å²) in [5.41, 5.74) is -0.400. The fourth-order valence-electron chi connectivity index (χ4n) is 6.87. The summed E-state index contributed by atoms with van der Waals surface area (Å²) in [6, 6.07) is 3.71. The second-order valence-corrected chi connectivity index (χ2v) is 11.3. The predicted molar refractivity (Wildman–Crippen MR) is 149 cm³/mol. The number of amides is 3. The number of nitrogens with one attached hydrogen (secondary N) is 3. The topological polar surface area (TPSA) is 153 Å². The van der Waals surface area contributed by atoms with Crippen molar-refractivity contribution < 1.29 is 23.9 Å². The first-order valence-electron chi connectivity index (χ1n) is 14.1. The fourth-order valence-corrected chi connectivity index (χ4v) is 6.87. The maximum atomic E-state index is 13.2. The van der Waals surface area contributed by atoms with Crippen LogP contribution in [0.5, 0.6) is 0 Å². The number of nitrogens with zero attached hydrogens (tertiary/aromatic N) is 3. The van der Waals surface area contributed by atoms with Crippen LogP contribution in [-0.2, 0) is 32.7 Å². The quantitative estimate of drug-likeness (QED) is 0.275. The zero-order valence-electron chi connectivity index (χ0n) is 23.2. The van der Waals surface area contributed by atoms with Gasteiger partial charge in [-0.2, -0.15) is 5.10 Å². The number of aromatic nitrogens is 3. The second kappa shape index (κ2) is 12.1. The molecule has 2 aromatic rings. The Balaban J connectivity index is 1.23. The Morgan fingerprint density at radius 1 is 1.12 bits per heavy atom. The molecule has 2 heterocycles. The molecule has 4 aliphatic carbocycles. The van der Waals surface area contributed by atoms with Gasteiger partial charge in [-0.05, 0) is 80.4 Å². The molecule has 12 heteroatoms. The molecular weight excluding hydrogens is 528 g/mol. The SMILES string of the molecule is COC(=O)/C=C/CC[C@H](NC(=O)c1ccn(C)n1)C(=O)Nc1cccn(CC(=O)NC2C3CC4CC(C3)C2C4)c1=O. The Bertz CT molecular complexity index is 1410. The molecule has 0 radical (unpaired) electrons. The molecule has 3 amide bonds. The maximum absolute atomic E-state index is 13.2. The molecular formula is C29H36N6O6. The number of hydrogen-bond donors (Lipinski definition) is 3. The highest BCUT2D eigenvalue weighted by molar-refractivity contribution is 6.00. The third-order valence-corrected chi connectivity index (χ3v) is 8.62. The number of pyridine rings is 1. The number of anilines is 1. The predicted octanol–water partition coefficient (Wildman–Crippen LogP) is 1.38. The molecule has 0 aliphatic heterocycles. The van der Waals surface area contributed by atoms with E-state index in [2.05, 4.69) is 25.8 Å². The minimum absolute atomic E-state index is 0.00829. The third kappa shape index (κ3) is 6.41. The van der Waals surface area contributed by atoms with Crippen LogP contribution in [0.2, 0.25) is 0 Å². The van der Waals surface area contributed by atoms with Crippen LogP contribution in [0.15, 0.2) is 47.5 Å². The van der Waals surface area contributed by atoms with Gasteiger partial charge in [0.15, 0.2) is 0 Å². The zero-order chi connectivity index (χ0) is 29.1. The van der Waals surface area contributed by atoms with E-state index in [1.807, 2.05) is 0 Å². The molecule has 12 nitrogen and oxygen atoms in total. The monoisotopic (exact) mass is 564 g/mol. The lowest BCUT2D eigenvalue weighted by molar-refractivity contribution is -0.134. The molecule has 2 aromatic heterocycles. The van der Waals surface area contributed by atoms with Crippen molar-refractivity contribution in [2.75, 3.05) is 12.4 Å². The number of aryl methyl sites for hydroxylation is 1. The first-order valence-corrected chi connectivity index (χ1v) is 14.1. The standard InChI is InChI=1S/C29H36N6O6/c1-34-11-9-22(33-34)28(39)30-21(6-3-4-8-25(37)41-2)27(38)31-23-7-5-10-35(29(23)40)16-24(36)32-26-19-13-17-12-18(15-19)20(26)14-17/h4-5,7-11,17-21,26H,3,6,12-16H2,1-2H3,(H,30,39)(H,31,38)(H,32,36)/b8-4+/t17?,18?,19?,20?,21-,26?/m0/s1. The van der Waals surface area contributed by atoms with Gasteiger partial charge in [-0.25, -0.2) is 4.79 Å². The minimum Gasteiger partial charge on any atom is -0.466 e. The van der Waals surface area contributed by atoms with Crippen molar-refractivity contribution >= 4 is 29.4 Å². The number of esters is 1. The highest BCUT2D eigenvalue weighted by Crippen LogP contribution is 2.58. The highest BCUT2D eigenvalue weighted by atomic mass is 16.5. The molecule has 41 heavy (non-hydrogen) atoms. The first-order chi connectivity index (χ1) is 19.7. The fraction of sp³-hybridized carbons (Fsp3) is 0.517. The molecule has 5 unspecified atom stereocenters. The molecule has 0 saturated heterocycles. The molecule has 0 spiro atoms. The van der Waals surface area contributed by atoms with Gasteiger partial charge < -0.3 is 25.3 Å². The minimum atomic E-state index is -1.03. The van der Waals surface area contributed by atoms with E-state index in [1.165, 1.54) is 72.5 Å². The van der Waals surface area contributed by atoms with E-state index < -0.39 is 29.4 Å².